The molecule has 5 nitrogen and oxygen atoms in total. The quantitative estimate of drug-likeness (QED) is 0.748. The molecule has 5 heteroatoms. The van der Waals surface area contributed by atoms with Gasteiger partial charge in [-0.25, -0.2) is 0 Å². The highest BCUT2D eigenvalue weighted by atomic mass is 16.3. The van der Waals surface area contributed by atoms with Gasteiger partial charge in [-0.3, -0.25) is 14.7 Å². The predicted molar refractivity (Wildman–Crippen MR) is 107 cm³/mol. The molecular formula is C22H25N3O2. The lowest BCUT2D eigenvalue weighted by atomic mass is 9.99. The first kappa shape index (κ1) is 17.9. The molecule has 2 atom stereocenters. The molecule has 0 aliphatic carbocycles. The number of H-pyrrole nitrogens is 1. The van der Waals surface area contributed by atoms with Crippen molar-refractivity contribution in [3.63, 3.8) is 0 Å². The zero-order valence-corrected chi connectivity index (χ0v) is 15.8. The summed E-state index contributed by atoms with van der Waals surface area (Å²) in [5, 5.41) is 11.7. The highest BCUT2D eigenvalue weighted by Crippen LogP contribution is 2.23. The highest BCUT2D eigenvalue weighted by molar-refractivity contribution is 5.78. The summed E-state index contributed by atoms with van der Waals surface area (Å²) in [5.74, 6) is 0.149. The fourth-order valence-electron chi connectivity index (χ4n) is 3.95. The third-order valence-corrected chi connectivity index (χ3v) is 5.61. The number of benzene rings is 1. The maximum Gasteiger partial charge on any atom is 0.187 e. The number of aromatic amines is 1. The Kier molecular flexibility index (Phi) is 4.81. The van der Waals surface area contributed by atoms with E-state index in [2.05, 4.69) is 28.1 Å². The first-order chi connectivity index (χ1) is 13.0. The van der Waals surface area contributed by atoms with Crippen LogP contribution >= 0.6 is 0 Å². The summed E-state index contributed by atoms with van der Waals surface area (Å²) in [6.07, 6.45) is 2.15. The van der Waals surface area contributed by atoms with Gasteiger partial charge < -0.3 is 10.1 Å². The summed E-state index contributed by atoms with van der Waals surface area (Å²) in [6, 6.07) is 12.2. The van der Waals surface area contributed by atoms with E-state index in [1.165, 1.54) is 0 Å². The number of aliphatic hydroxyl groups is 1. The van der Waals surface area contributed by atoms with E-state index in [0.29, 0.717) is 13.1 Å². The molecule has 0 unspecified atom stereocenters. The number of hydrogen-bond acceptors (Lipinski definition) is 4. The van der Waals surface area contributed by atoms with E-state index in [4.69, 9.17) is 4.98 Å². The van der Waals surface area contributed by atoms with Crippen LogP contribution in [-0.2, 0) is 13.0 Å². The molecule has 1 fully saturated rings. The molecule has 1 aromatic carbocycles. The van der Waals surface area contributed by atoms with Crippen LogP contribution in [0.15, 0.2) is 47.4 Å². The molecule has 3 aromatic rings. The molecule has 1 aliphatic rings. The number of β-amino-alcohol motifs (C(OH)–C–C–N with tert-alkyl or cyclic N) is 1. The van der Waals surface area contributed by atoms with Gasteiger partial charge in [-0.2, -0.15) is 0 Å². The highest BCUT2D eigenvalue weighted by Gasteiger charge is 2.32. The van der Waals surface area contributed by atoms with Crippen LogP contribution in [-0.4, -0.2) is 39.2 Å². The lowest BCUT2D eigenvalue weighted by Crippen LogP contribution is -2.24. The maximum absolute atomic E-state index is 12.1. The summed E-state index contributed by atoms with van der Waals surface area (Å²) >= 11 is 0. The van der Waals surface area contributed by atoms with Crippen LogP contribution in [0.5, 0.6) is 0 Å². The Morgan fingerprint density at radius 1 is 1.19 bits per heavy atom. The Morgan fingerprint density at radius 2 is 2.00 bits per heavy atom. The van der Waals surface area contributed by atoms with Crippen LogP contribution in [0.1, 0.15) is 22.5 Å². The van der Waals surface area contributed by atoms with Gasteiger partial charge in [-0.15, -0.1) is 0 Å². The number of aliphatic hydroxyl groups excluding tert-OH is 1. The summed E-state index contributed by atoms with van der Waals surface area (Å²) < 4.78 is 0. The molecule has 0 radical (unpaired) electrons. The molecular weight excluding hydrogens is 338 g/mol. The average molecular weight is 363 g/mol. The standard InChI is InChI=1S/C22H25N3O2/c1-14-10-23-20(15(2)22(14)27)12-25-11-17(21(26)13-25)9-18-8-7-16-5-3-4-6-19(16)24-18/h3-8,10,17,21,26H,9,11-13H2,1-2H3,(H,23,27)/t17-,21-/m1/s1. The molecule has 1 aliphatic heterocycles. The van der Waals surface area contributed by atoms with Crippen LogP contribution in [0.25, 0.3) is 10.9 Å². The van der Waals surface area contributed by atoms with Gasteiger partial charge in [0.2, 0.25) is 0 Å². The Bertz CT molecular complexity index is 1030. The van der Waals surface area contributed by atoms with Crippen molar-refractivity contribution in [3.8, 4) is 0 Å². The second kappa shape index (κ2) is 7.25. The molecule has 2 N–H and O–H groups in total. The van der Waals surface area contributed by atoms with Crippen molar-refractivity contribution in [2.45, 2.75) is 32.9 Å². The number of nitrogens with zero attached hydrogens (tertiary/aromatic N) is 2. The minimum Gasteiger partial charge on any atom is -0.391 e. The van der Waals surface area contributed by atoms with E-state index < -0.39 is 0 Å². The lowest BCUT2D eigenvalue weighted by molar-refractivity contribution is 0.140. The van der Waals surface area contributed by atoms with Crippen molar-refractivity contribution >= 4 is 10.9 Å². The van der Waals surface area contributed by atoms with Crippen LogP contribution < -0.4 is 5.43 Å². The second-order valence-electron chi connectivity index (χ2n) is 7.63. The van der Waals surface area contributed by atoms with Gasteiger partial charge in [0, 0.05) is 59.7 Å². The summed E-state index contributed by atoms with van der Waals surface area (Å²) in [7, 11) is 0. The number of fused-ring (bicyclic) bond motifs is 1. The number of likely N-dealkylation sites (tertiary alicyclic amines) is 1. The molecule has 27 heavy (non-hydrogen) atoms. The predicted octanol–water partition coefficient (Wildman–Crippen LogP) is 2.58. The molecule has 4 rings (SSSR count). The largest absolute Gasteiger partial charge is 0.391 e. The van der Waals surface area contributed by atoms with E-state index in [9.17, 15) is 9.90 Å². The fraction of sp³-hybridized carbons (Fsp3) is 0.364. The summed E-state index contributed by atoms with van der Waals surface area (Å²) in [4.78, 5) is 22.3. The first-order valence-corrected chi connectivity index (χ1v) is 9.44. The van der Waals surface area contributed by atoms with Gasteiger partial charge in [0.25, 0.3) is 0 Å². The third-order valence-electron chi connectivity index (χ3n) is 5.61. The molecule has 0 amide bonds. The SMILES string of the molecule is Cc1c[nH]c(CN2C[C@@H](Cc3ccc4ccccc4n3)[C@H](O)C2)c(C)c1=O. The van der Waals surface area contributed by atoms with E-state index in [1.807, 2.05) is 32.0 Å². The first-order valence-electron chi connectivity index (χ1n) is 9.44. The lowest BCUT2D eigenvalue weighted by Gasteiger charge is -2.17. The Labute approximate surface area is 158 Å². The van der Waals surface area contributed by atoms with E-state index in [0.717, 1.165) is 46.4 Å². The molecule has 0 bridgehead atoms. The van der Waals surface area contributed by atoms with E-state index in [1.54, 1.807) is 6.20 Å². The van der Waals surface area contributed by atoms with Crippen molar-refractivity contribution < 1.29 is 5.11 Å². The number of hydrogen-bond donors (Lipinski definition) is 2. The maximum atomic E-state index is 12.1. The number of para-hydroxylation sites is 1. The number of aryl methyl sites for hydroxylation is 1. The molecule has 0 spiro atoms. The van der Waals surface area contributed by atoms with Gasteiger partial charge >= 0.3 is 0 Å². The summed E-state index contributed by atoms with van der Waals surface area (Å²) in [5.41, 5.74) is 4.54. The van der Waals surface area contributed by atoms with Crippen LogP contribution in [0.2, 0.25) is 0 Å². The number of pyridine rings is 2. The molecule has 1 saturated heterocycles. The van der Waals surface area contributed by atoms with Crippen molar-refractivity contribution in [3.05, 3.63) is 75.3 Å². The van der Waals surface area contributed by atoms with Crippen LogP contribution in [0, 0.1) is 19.8 Å². The Morgan fingerprint density at radius 3 is 2.85 bits per heavy atom. The van der Waals surface area contributed by atoms with Gasteiger partial charge in [-0.05, 0) is 32.4 Å². The number of rotatable bonds is 4. The Hall–Kier alpha value is -2.50. The zero-order chi connectivity index (χ0) is 19.0. The third kappa shape index (κ3) is 3.66. The average Bonchev–Trinajstić information content (AvgIpc) is 3.01. The fourth-order valence-corrected chi connectivity index (χ4v) is 3.95. The summed E-state index contributed by atoms with van der Waals surface area (Å²) in [6.45, 7) is 5.75. The van der Waals surface area contributed by atoms with Gasteiger partial charge in [0.1, 0.15) is 0 Å². The molecule has 140 valence electrons. The molecule has 3 heterocycles. The monoisotopic (exact) mass is 363 g/mol. The smallest absolute Gasteiger partial charge is 0.187 e. The van der Waals surface area contributed by atoms with E-state index in [-0.39, 0.29) is 17.5 Å². The Balaban J connectivity index is 1.46. The van der Waals surface area contributed by atoms with Crippen molar-refractivity contribution in [1.29, 1.82) is 0 Å². The topological polar surface area (TPSA) is 69.2 Å². The van der Waals surface area contributed by atoms with Crippen LogP contribution in [0.4, 0.5) is 0 Å². The van der Waals surface area contributed by atoms with E-state index >= 15 is 0 Å². The minimum atomic E-state index is -0.379. The van der Waals surface area contributed by atoms with Gasteiger partial charge in [0.15, 0.2) is 5.43 Å². The van der Waals surface area contributed by atoms with Gasteiger partial charge in [0.05, 0.1) is 11.6 Å². The number of nitrogens with one attached hydrogen (secondary N) is 1. The zero-order valence-electron chi connectivity index (χ0n) is 15.8. The van der Waals surface area contributed by atoms with Crippen molar-refractivity contribution in [1.82, 2.24) is 14.9 Å². The van der Waals surface area contributed by atoms with Crippen LogP contribution in [0.3, 0.4) is 0 Å². The van der Waals surface area contributed by atoms with Gasteiger partial charge in [-0.1, -0.05) is 24.3 Å². The molecule has 2 aromatic heterocycles. The second-order valence-corrected chi connectivity index (χ2v) is 7.63. The minimum absolute atomic E-state index is 0.0976. The molecule has 0 saturated carbocycles. The van der Waals surface area contributed by atoms with Crippen molar-refractivity contribution in [2.75, 3.05) is 13.1 Å². The van der Waals surface area contributed by atoms with Crippen molar-refractivity contribution in [2.24, 2.45) is 5.92 Å². The number of aromatic nitrogens is 2. The normalized spacial score (nSPS) is 20.4.